The fourth-order valence-corrected chi connectivity index (χ4v) is 4.06. The maximum absolute atomic E-state index is 13.2. The number of nitrogens with zero attached hydrogens (tertiary/aromatic N) is 6. The van der Waals surface area contributed by atoms with Gasteiger partial charge >= 0.3 is 0 Å². The Morgan fingerprint density at radius 3 is 2.77 bits per heavy atom. The first kappa shape index (κ1) is 18.4. The summed E-state index contributed by atoms with van der Waals surface area (Å²) in [6, 6.07) is 8.62. The minimum Gasteiger partial charge on any atom is -0.489 e. The number of para-hydroxylation sites is 2. The molecule has 30 heavy (non-hydrogen) atoms. The number of ether oxygens (including phenoxy) is 1. The molecule has 9 heteroatoms. The molecule has 9 nitrogen and oxygen atoms in total. The van der Waals surface area contributed by atoms with Crippen LogP contribution in [0.4, 0.5) is 5.69 Å². The monoisotopic (exact) mass is 406 g/mol. The number of anilines is 1. The first-order valence-corrected chi connectivity index (χ1v) is 9.86. The van der Waals surface area contributed by atoms with E-state index in [0.29, 0.717) is 36.6 Å². The summed E-state index contributed by atoms with van der Waals surface area (Å²) < 4.78 is 9.36. The van der Waals surface area contributed by atoms with Gasteiger partial charge in [-0.2, -0.15) is 10.2 Å². The quantitative estimate of drug-likeness (QED) is 0.650. The van der Waals surface area contributed by atoms with E-state index in [1.54, 1.807) is 26.2 Å². The summed E-state index contributed by atoms with van der Waals surface area (Å²) in [4.78, 5) is 29.5. The number of fused-ring (bicyclic) bond motifs is 2. The van der Waals surface area contributed by atoms with Crippen molar-refractivity contribution in [2.75, 3.05) is 25.1 Å². The Balaban J connectivity index is 1.39. The van der Waals surface area contributed by atoms with Crippen molar-refractivity contribution >= 4 is 17.5 Å². The molecule has 0 saturated heterocycles. The molecule has 0 unspecified atom stereocenters. The highest BCUT2D eigenvalue weighted by Gasteiger charge is 2.39. The van der Waals surface area contributed by atoms with Crippen molar-refractivity contribution in [3.8, 4) is 5.75 Å². The number of hydrogen-bond donors (Lipinski definition) is 0. The van der Waals surface area contributed by atoms with E-state index >= 15 is 0 Å². The molecule has 3 aromatic rings. The van der Waals surface area contributed by atoms with Crippen molar-refractivity contribution in [3.63, 3.8) is 0 Å². The highest BCUT2D eigenvalue weighted by atomic mass is 16.5. The van der Waals surface area contributed by atoms with E-state index in [9.17, 15) is 9.59 Å². The molecule has 2 aromatic heterocycles. The van der Waals surface area contributed by atoms with Crippen molar-refractivity contribution < 1.29 is 14.3 Å². The van der Waals surface area contributed by atoms with E-state index in [1.165, 1.54) is 0 Å². The molecule has 0 saturated carbocycles. The smallest absolute Gasteiger partial charge is 0.275 e. The number of aryl methyl sites for hydroxylation is 1. The third-order valence-corrected chi connectivity index (χ3v) is 5.63. The maximum atomic E-state index is 13.2. The average Bonchev–Trinajstić information content (AvgIpc) is 3.32. The van der Waals surface area contributed by atoms with E-state index in [-0.39, 0.29) is 18.4 Å². The van der Waals surface area contributed by atoms with Crippen LogP contribution in [0.1, 0.15) is 21.7 Å². The van der Waals surface area contributed by atoms with Crippen LogP contribution in [0, 0.1) is 0 Å². The fourth-order valence-electron chi connectivity index (χ4n) is 4.06. The standard InChI is InChI=1S/C21H22N6O3/c1-24-9-8-15(22-24)12-26-11-14-7-10-27(21(29)19(14)23-26)17-13-30-18-6-4-3-5-16(18)25(2)20(17)28/h3-6,8-9,11,17H,7,10,12-13H2,1-2H3/t17-/m0/s1. The van der Waals surface area contributed by atoms with Crippen LogP contribution in [-0.4, -0.2) is 62.5 Å². The highest BCUT2D eigenvalue weighted by molar-refractivity contribution is 6.03. The molecule has 1 atom stereocenters. The van der Waals surface area contributed by atoms with Crippen LogP contribution in [-0.2, 0) is 24.8 Å². The van der Waals surface area contributed by atoms with Gasteiger partial charge in [0.05, 0.1) is 17.9 Å². The van der Waals surface area contributed by atoms with Crippen molar-refractivity contribution in [2.24, 2.45) is 7.05 Å². The van der Waals surface area contributed by atoms with Gasteiger partial charge in [-0.1, -0.05) is 12.1 Å². The van der Waals surface area contributed by atoms with Crippen LogP contribution in [0.3, 0.4) is 0 Å². The Morgan fingerprint density at radius 1 is 1.13 bits per heavy atom. The van der Waals surface area contributed by atoms with Gasteiger partial charge in [0.25, 0.3) is 11.8 Å². The molecule has 0 aliphatic carbocycles. The third kappa shape index (κ3) is 3.02. The number of rotatable bonds is 3. The van der Waals surface area contributed by atoms with Gasteiger partial charge < -0.3 is 14.5 Å². The zero-order chi connectivity index (χ0) is 20.8. The molecule has 0 spiro atoms. The van der Waals surface area contributed by atoms with Gasteiger partial charge in [0.15, 0.2) is 5.69 Å². The number of carbonyl (C=O) groups is 2. The Labute approximate surface area is 173 Å². The summed E-state index contributed by atoms with van der Waals surface area (Å²) in [6.45, 7) is 1.06. The molecule has 4 heterocycles. The van der Waals surface area contributed by atoms with E-state index in [2.05, 4.69) is 10.2 Å². The molecule has 1 aromatic carbocycles. The summed E-state index contributed by atoms with van der Waals surface area (Å²) in [5.41, 5.74) is 2.86. The summed E-state index contributed by atoms with van der Waals surface area (Å²) >= 11 is 0. The van der Waals surface area contributed by atoms with Crippen LogP contribution in [0.5, 0.6) is 5.75 Å². The summed E-state index contributed by atoms with van der Waals surface area (Å²) in [6.07, 6.45) is 4.41. The van der Waals surface area contributed by atoms with Crippen LogP contribution in [0.15, 0.2) is 42.7 Å². The van der Waals surface area contributed by atoms with Crippen LogP contribution >= 0.6 is 0 Å². The minimum atomic E-state index is -0.691. The Hall–Kier alpha value is -3.62. The molecule has 2 aliphatic rings. The van der Waals surface area contributed by atoms with Gasteiger partial charge in [0, 0.05) is 38.6 Å². The van der Waals surface area contributed by atoms with E-state index in [1.807, 2.05) is 49.8 Å². The molecule has 5 rings (SSSR count). The largest absolute Gasteiger partial charge is 0.489 e. The predicted molar refractivity (Wildman–Crippen MR) is 108 cm³/mol. The van der Waals surface area contributed by atoms with Crippen LogP contribution < -0.4 is 9.64 Å². The molecular weight excluding hydrogens is 384 g/mol. The number of amides is 2. The Kier molecular flexibility index (Phi) is 4.30. The Morgan fingerprint density at radius 2 is 1.97 bits per heavy atom. The lowest BCUT2D eigenvalue weighted by Crippen LogP contribution is -2.54. The van der Waals surface area contributed by atoms with Crippen molar-refractivity contribution in [1.29, 1.82) is 0 Å². The summed E-state index contributed by atoms with van der Waals surface area (Å²) in [7, 11) is 3.57. The Bertz CT molecular complexity index is 1130. The van der Waals surface area contributed by atoms with Gasteiger partial charge in [-0.3, -0.25) is 19.0 Å². The van der Waals surface area contributed by atoms with Crippen LogP contribution in [0.2, 0.25) is 0 Å². The maximum Gasteiger partial charge on any atom is 0.275 e. The topological polar surface area (TPSA) is 85.5 Å². The molecule has 2 aliphatic heterocycles. The first-order valence-electron chi connectivity index (χ1n) is 9.86. The number of aromatic nitrogens is 4. The number of carbonyl (C=O) groups excluding carboxylic acids is 2. The molecule has 154 valence electrons. The van der Waals surface area contributed by atoms with E-state index in [0.717, 1.165) is 11.3 Å². The number of likely N-dealkylation sites (N-methyl/N-ethyl adjacent to an activating group) is 1. The van der Waals surface area contributed by atoms with Gasteiger partial charge in [0.2, 0.25) is 0 Å². The van der Waals surface area contributed by atoms with Crippen molar-refractivity contribution in [2.45, 2.75) is 19.0 Å². The number of benzene rings is 1. The predicted octanol–water partition coefficient (Wildman–Crippen LogP) is 1.09. The van der Waals surface area contributed by atoms with Crippen LogP contribution in [0.25, 0.3) is 0 Å². The van der Waals surface area contributed by atoms with Gasteiger partial charge in [-0.05, 0) is 24.6 Å². The minimum absolute atomic E-state index is 0.121. The lowest BCUT2D eigenvalue weighted by atomic mass is 10.0. The third-order valence-electron chi connectivity index (χ3n) is 5.63. The zero-order valence-corrected chi connectivity index (χ0v) is 16.9. The van der Waals surface area contributed by atoms with Gasteiger partial charge in [-0.15, -0.1) is 0 Å². The highest BCUT2D eigenvalue weighted by Crippen LogP contribution is 2.32. The zero-order valence-electron chi connectivity index (χ0n) is 16.9. The molecule has 0 radical (unpaired) electrons. The van der Waals surface area contributed by atoms with Crippen molar-refractivity contribution in [3.05, 3.63) is 59.7 Å². The second-order valence-electron chi connectivity index (χ2n) is 7.62. The lowest BCUT2D eigenvalue weighted by molar-refractivity contribution is -0.123. The van der Waals surface area contributed by atoms with Crippen molar-refractivity contribution in [1.82, 2.24) is 24.5 Å². The number of hydrogen-bond acceptors (Lipinski definition) is 5. The summed E-state index contributed by atoms with van der Waals surface area (Å²) in [5.74, 6) is 0.239. The van der Waals surface area contributed by atoms with Gasteiger partial charge in [0.1, 0.15) is 18.4 Å². The lowest BCUT2D eigenvalue weighted by Gasteiger charge is -2.33. The molecule has 2 amide bonds. The fraction of sp³-hybridized carbons (Fsp3) is 0.333. The second-order valence-corrected chi connectivity index (χ2v) is 7.62. The molecule has 0 fully saturated rings. The SMILES string of the molecule is CN1C(=O)[C@@H](N2CCc3cn(Cc4ccn(C)n4)nc3C2=O)COc2ccccc21. The molecular formula is C21H22N6O3. The van der Waals surface area contributed by atoms with E-state index in [4.69, 9.17) is 4.74 Å². The molecule has 0 N–H and O–H groups in total. The van der Waals surface area contributed by atoms with E-state index < -0.39 is 6.04 Å². The second kappa shape index (κ2) is 7.01. The summed E-state index contributed by atoms with van der Waals surface area (Å²) in [5, 5.41) is 8.86. The normalized spacial score (nSPS) is 18.7. The van der Waals surface area contributed by atoms with Gasteiger partial charge in [-0.25, -0.2) is 0 Å². The average molecular weight is 406 g/mol. The first-order chi connectivity index (χ1) is 14.5. The molecule has 0 bridgehead atoms.